The van der Waals surface area contributed by atoms with Crippen LogP contribution in [0.3, 0.4) is 0 Å². The highest BCUT2D eigenvalue weighted by Crippen LogP contribution is 2.19. The Hall–Kier alpha value is -2.90. The molecule has 3 rings (SSSR count). The molecule has 0 bridgehead atoms. The summed E-state index contributed by atoms with van der Waals surface area (Å²) in [6.07, 6.45) is 3.01. The molecule has 1 unspecified atom stereocenters. The second-order valence-electron chi connectivity index (χ2n) is 5.97. The van der Waals surface area contributed by atoms with Crippen molar-refractivity contribution < 1.29 is 19.1 Å². The third-order valence-corrected chi connectivity index (χ3v) is 4.22. The molecule has 1 fully saturated rings. The highest BCUT2D eigenvalue weighted by Gasteiger charge is 2.32. The van der Waals surface area contributed by atoms with E-state index < -0.39 is 11.8 Å². The predicted octanol–water partition coefficient (Wildman–Crippen LogP) is 1.30. The number of benzene rings is 1. The molecule has 1 aliphatic rings. The first-order chi connectivity index (χ1) is 12.1. The number of nitrogens with one attached hydrogen (secondary N) is 2. The maximum absolute atomic E-state index is 12.4. The SMILES string of the molecule is CCOC(=O)C1CCCN(C(=O)C(=O)Nc2ccc3cn[nH]c3c2)C1. The van der Waals surface area contributed by atoms with Gasteiger partial charge in [-0.25, -0.2) is 0 Å². The number of hydrogen-bond donors (Lipinski definition) is 2. The molecule has 1 saturated heterocycles. The van der Waals surface area contributed by atoms with Gasteiger partial charge in [0.15, 0.2) is 0 Å². The van der Waals surface area contributed by atoms with Crippen LogP contribution in [-0.2, 0) is 19.1 Å². The molecule has 2 aromatic rings. The quantitative estimate of drug-likeness (QED) is 0.645. The molecule has 1 aromatic heterocycles. The number of aromatic amines is 1. The van der Waals surface area contributed by atoms with Crippen LogP contribution in [0.4, 0.5) is 5.69 Å². The first-order valence-electron chi connectivity index (χ1n) is 8.28. The number of ether oxygens (including phenoxy) is 1. The summed E-state index contributed by atoms with van der Waals surface area (Å²) in [5.74, 6) is -2.04. The molecule has 1 aromatic carbocycles. The second kappa shape index (κ2) is 7.33. The molecule has 132 valence electrons. The number of aromatic nitrogens is 2. The number of anilines is 1. The summed E-state index contributed by atoms with van der Waals surface area (Å²) in [6, 6.07) is 5.22. The Morgan fingerprint density at radius 3 is 3.04 bits per heavy atom. The largest absolute Gasteiger partial charge is 0.466 e. The number of carbonyl (C=O) groups is 3. The number of fused-ring (bicyclic) bond motifs is 1. The Kier molecular flexibility index (Phi) is 4.97. The zero-order valence-corrected chi connectivity index (χ0v) is 13.9. The van der Waals surface area contributed by atoms with Crippen molar-refractivity contribution in [3.05, 3.63) is 24.4 Å². The van der Waals surface area contributed by atoms with E-state index in [0.717, 1.165) is 10.9 Å². The van der Waals surface area contributed by atoms with Crippen molar-refractivity contribution in [2.24, 2.45) is 5.92 Å². The van der Waals surface area contributed by atoms with E-state index in [-0.39, 0.29) is 18.4 Å². The lowest BCUT2D eigenvalue weighted by atomic mass is 9.98. The Balaban J connectivity index is 1.63. The van der Waals surface area contributed by atoms with E-state index in [4.69, 9.17) is 4.74 Å². The molecule has 2 heterocycles. The summed E-state index contributed by atoms with van der Waals surface area (Å²) in [7, 11) is 0. The second-order valence-corrected chi connectivity index (χ2v) is 5.97. The Bertz CT molecular complexity index is 801. The summed E-state index contributed by atoms with van der Waals surface area (Å²) >= 11 is 0. The Morgan fingerprint density at radius 1 is 1.40 bits per heavy atom. The van der Waals surface area contributed by atoms with Crippen molar-refractivity contribution in [2.45, 2.75) is 19.8 Å². The van der Waals surface area contributed by atoms with Crippen LogP contribution in [-0.4, -0.2) is 52.6 Å². The number of esters is 1. The molecule has 25 heavy (non-hydrogen) atoms. The van der Waals surface area contributed by atoms with Crippen LogP contribution in [0, 0.1) is 5.92 Å². The minimum absolute atomic E-state index is 0.213. The topological polar surface area (TPSA) is 104 Å². The van der Waals surface area contributed by atoms with E-state index in [0.29, 0.717) is 31.7 Å². The lowest BCUT2D eigenvalue weighted by molar-refractivity contribution is -0.153. The van der Waals surface area contributed by atoms with Crippen molar-refractivity contribution >= 4 is 34.4 Å². The van der Waals surface area contributed by atoms with Gasteiger partial charge in [-0.1, -0.05) is 0 Å². The van der Waals surface area contributed by atoms with Crippen LogP contribution >= 0.6 is 0 Å². The molecule has 0 spiro atoms. The average molecular weight is 344 g/mol. The van der Waals surface area contributed by atoms with Crippen molar-refractivity contribution in [2.75, 3.05) is 25.0 Å². The number of H-pyrrole nitrogens is 1. The van der Waals surface area contributed by atoms with Gasteiger partial charge in [-0.2, -0.15) is 5.10 Å². The summed E-state index contributed by atoms with van der Waals surface area (Å²) in [5, 5.41) is 10.2. The maximum atomic E-state index is 12.4. The van der Waals surface area contributed by atoms with Gasteiger partial charge in [-0.3, -0.25) is 19.5 Å². The number of nitrogens with zero attached hydrogens (tertiary/aromatic N) is 2. The molecule has 2 N–H and O–H groups in total. The van der Waals surface area contributed by atoms with Gasteiger partial charge in [-0.05, 0) is 38.0 Å². The molecule has 0 aliphatic carbocycles. The third-order valence-electron chi connectivity index (χ3n) is 4.22. The van der Waals surface area contributed by atoms with E-state index in [1.54, 1.807) is 31.3 Å². The Labute approximate surface area is 144 Å². The van der Waals surface area contributed by atoms with Gasteiger partial charge in [0.25, 0.3) is 0 Å². The first-order valence-corrected chi connectivity index (χ1v) is 8.28. The van der Waals surface area contributed by atoms with E-state index in [9.17, 15) is 14.4 Å². The Morgan fingerprint density at radius 2 is 2.24 bits per heavy atom. The molecule has 0 saturated carbocycles. The van der Waals surface area contributed by atoms with Gasteiger partial charge >= 0.3 is 17.8 Å². The molecule has 0 radical (unpaired) electrons. The van der Waals surface area contributed by atoms with Gasteiger partial charge < -0.3 is 15.0 Å². The molecule has 1 aliphatic heterocycles. The zero-order valence-electron chi connectivity index (χ0n) is 13.9. The fourth-order valence-corrected chi connectivity index (χ4v) is 2.96. The minimum Gasteiger partial charge on any atom is -0.466 e. The summed E-state index contributed by atoms with van der Waals surface area (Å²) in [4.78, 5) is 37.9. The minimum atomic E-state index is -0.719. The highest BCUT2D eigenvalue weighted by molar-refractivity contribution is 6.39. The number of piperidine rings is 1. The van der Waals surface area contributed by atoms with Crippen molar-refractivity contribution in [3.63, 3.8) is 0 Å². The van der Waals surface area contributed by atoms with Crippen molar-refractivity contribution in [1.29, 1.82) is 0 Å². The lowest BCUT2D eigenvalue weighted by Crippen LogP contribution is -2.47. The van der Waals surface area contributed by atoms with Crippen LogP contribution in [0.25, 0.3) is 10.9 Å². The third kappa shape index (κ3) is 3.78. The highest BCUT2D eigenvalue weighted by atomic mass is 16.5. The fourth-order valence-electron chi connectivity index (χ4n) is 2.96. The summed E-state index contributed by atoms with van der Waals surface area (Å²) < 4.78 is 5.01. The smallest absolute Gasteiger partial charge is 0.313 e. The molecule has 8 heteroatoms. The zero-order chi connectivity index (χ0) is 17.8. The molecule has 2 amide bonds. The predicted molar refractivity (Wildman–Crippen MR) is 90.7 cm³/mol. The van der Waals surface area contributed by atoms with E-state index >= 15 is 0 Å². The van der Waals surface area contributed by atoms with Crippen LogP contribution in [0.2, 0.25) is 0 Å². The molecule has 8 nitrogen and oxygen atoms in total. The molecular formula is C17H20N4O4. The summed E-state index contributed by atoms with van der Waals surface area (Å²) in [6.45, 7) is 2.72. The van der Waals surface area contributed by atoms with Crippen LogP contribution in [0.1, 0.15) is 19.8 Å². The molecular weight excluding hydrogens is 324 g/mol. The number of amides is 2. The van der Waals surface area contributed by atoms with Crippen LogP contribution in [0.5, 0.6) is 0 Å². The fraction of sp³-hybridized carbons (Fsp3) is 0.412. The van der Waals surface area contributed by atoms with Crippen LogP contribution < -0.4 is 5.32 Å². The van der Waals surface area contributed by atoms with Crippen LogP contribution in [0.15, 0.2) is 24.4 Å². The number of carbonyl (C=O) groups excluding carboxylic acids is 3. The van der Waals surface area contributed by atoms with E-state index in [1.165, 1.54) is 4.90 Å². The van der Waals surface area contributed by atoms with Gasteiger partial charge in [0.1, 0.15) is 0 Å². The number of hydrogen-bond acceptors (Lipinski definition) is 5. The van der Waals surface area contributed by atoms with Gasteiger partial charge in [0, 0.05) is 24.2 Å². The number of likely N-dealkylation sites (tertiary alicyclic amines) is 1. The monoisotopic (exact) mass is 344 g/mol. The van der Waals surface area contributed by atoms with Crippen molar-refractivity contribution in [1.82, 2.24) is 15.1 Å². The first kappa shape index (κ1) is 16.9. The normalized spacial score (nSPS) is 17.3. The molecule has 1 atom stereocenters. The lowest BCUT2D eigenvalue weighted by Gasteiger charge is -2.30. The summed E-state index contributed by atoms with van der Waals surface area (Å²) in [5.41, 5.74) is 1.28. The van der Waals surface area contributed by atoms with E-state index in [2.05, 4.69) is 15.5 Å². The van der Waals surface area contributed by atoms with Gasteiger partial charge in [0.05, 0.1) is 24.2 Å². The van der Waals surface area contributed by atoms with Gasteiger partial charge in [-0.15, -0.1) is 0 Å². The van der Waals surface area contributed by atoms with E-state index in [1.807, 2.05) is 0 Å². The van der Waals surface area contributed by atoms with Crippen molar-refractivity contribution in [3.8, 4) is 0 Å². The maximum Gasteiger partial charge on any atom is 0.313 e. The van der Waals surface area contributed by atoms with Gasteiger partial charge in [0.2, 0.25) is 0 Å². The standard InChI is InChI=1S/C17H20N4O4/c1-2-25-17(24)12-4-3-7-21(10-12)16(23)15(22)19-13-6-5-11-9-18-20-14(11)8-13/h5-6,8-9,12H,2-4,7,10H2,1H3,(H,18,20)(H,19,22). The number of rotatable bonds is 3. The average Bonchev–Trinajstić information content (AvgIpc) is 3.09.